The first-order valence-corrected chi connectivity index (χ1v) is 13.8. The molecular formula is C30H35F2N5O5. The highest BCUT2D eigenvalue weighted by atomic mass is 19.2. The Morgan fingerprint density at radius 2 is 1.79 bits per heavy atom. The summed E-state index contributed by atoms with van der Waals surface area (Å²) in [5.41, 5.74) is 2.11. The Labute approximate surface area is 243 Å². The van der Waals surface area contributed by atoms with Gasteiger partial charge in [-0.15, -0.1) is 0 Å². The number of hydrogen-bond donors (Lipinski definition) is 3. The highest BCUT2D eigenvalue weighted by Gasteiger charge is 2.42. The van der Waals surface area contributed by atoms with Crippen LogP contribution in [0, 0.1) is 11.6 Å². The van der Waals surface area contributed by atoms with E-state index in [0.717, 1.165) is 62.3 Å². The van der Waals surface area contributed by atoms with Gasteiger partial charge in [0, 0.05) is 24.9 Å². The number of urea groups is 2. The maximum atomic E-state index is 14.1. The number of likely N-dealkylation sites (tertiary alicyclic amines) is 1. The fraction of sp³-hybridized carbons (Fsp3) is 0.400. The number of benzene rings is 2. The summed E-state index contributed by atoms with van der Waals surface area (Å²) in [6, 6.07) is 7.96. The van der Waals surface area contributed by atoms with Crippen LogP contribution in [-0.4, -0.2) is 67.0 Å². The number of anilines is 1. The van der Waals surface area contributed by atoms with Gasteiger partial charge in [0.25, 0.3) is 0 Å². The highest BCUT2D eigenvalue weighted by molar-refractivity contribution is 6.01. The molecule has 0 spiro atoms. The number of carbonyl (C=O) groups excluding carboxylic acids is 4. The number of nitrogens with one attached hydrogen (secondary N) is 3. The van der Waals surface area contributed by atoms with Crippen LogP contribution in [0.25, 0.3) is 0 Å². The van der Waals surface area contributed by atoms with E-state index < -0.39 is 35.7 Å². The van der Waals surface area contributed by atoms with E-state index in [1.807, 2.05) is 18.2 Å². The highest BCUT2D eigenvalue weighted by Crippen LogP contribution is 2.35. The van der Waals surface area contributed by atoms with Gasteiger partial charge in [-0.3, -0.25) is 4.79 Å². The lowest BCUT2D eigenvalue weighted by molar-refractivity contribution is -0.136. The Morgan fingerprint density at radius 3 is 2.45 bits per heavy atom. The summed E-state index contributed by atoms with van der Waals surface area (Å²) in [6.07, 6.45) is 2.53. The molecule has 2 aromatic carbocycles. The Morgan fingerprint density at radius 1 is 1.05 bits per heavy atom. The zero-order valence-corrected chi connectivity index (χ0v) is 23.8. The molecule has 12 heteroatoms. The van der Waals surface area contributed by atoms with Gasteiger partial charge in [-0.05, 0) is 87.1 Å². The maximum Gasteiger partial charge on any atom is 0.337 e. The van der Waals surface area contributed by atoms with E-state index in [1.165, 1.54) is 25.5 Å². The minimum atomic E-state index is -1.32. The molecule has 42 heavy (non-hydrogen) atoms. The smallest absolute Gasteiger partial charge is 0.337 e. The van der Waals surface area contributed by atoms with Crippen molar-refractivity contribution in [3.05, 3.63) is 76.5 Å². The van der Waals surface area contributed by atoms with Crippen LogP contribution in [0.5, 0.6) is 0 Å². The zero-order valence-electron chi connectivity index (χ0n) is 23.8. The molecule has 224 valence electrons. The molecule has 1 unspecified atom stereocenters. The number of allylic oxidation sites excluding steroid dienone is 1. The van der Waals surface area contributed by atoms with E-state index in [4.69, 9.17) is 4.74 Å². The number of ether oxygens (including phenoxy) is 1. The molecular weight excluding hydrogens is 548 g/mol. The van der Waals surface area contributed by atoms with Crippen molar-refractivity contribution >= 4 is 29.6 Å². The fourth-order valence-electron chi connectivity index (χ4n) is 5.47. The second-order valence-corrected chi connectivity index (χ2v) is 10.4. The zero-order chi connectivity index (χ0) is 30.4. The van der Waals surface area contributed by atoms with Gasteiger partial charge in [-0.1, -0.05) is 18.2 Å². The molecule has 1 fully saturated rings. The van der Waals surface area contributed by atoms with Gasteiger partial charge in [0.1, 0.15) is 6.04 Å². The molecule has 0 aliphatic carbocycles. The lowest BCUT2D eigenvalue weighted by Gasteiger charge is -2.36. The van der Waals surface area contributed by atoms with Crippen molar-refractivity contribution in [3.63, 3.8) is 0 Å². The Bertz CT molecular complexity index is 1390. The third-order valence-corrected chi connectivity index (χ3v) is 7.53. The molecule has 0 saturated carbocycles. The SMILES string of the molecule is COC(=O)C1=C(C)NC(=O)N(C(=O)NCCCN2CCC(c3cccc(NC(C)=O)c3)CC2)C1c1ccc(F)c(F)c1. The van der Waals surface area contributed by atoms with Crippen molar-refractivity contribution < 1.29 is 32.7 Å². The quantitative estimate of drug-likeness (QED) is 0.313. The normalized spacial score (nSPS) is 18.0. The van der Waals surface area contributed by atoms with Crippen LogP contribution < -0.4 is 16.0 Å². The Balaban J connectivity index is 1.34. The summed E-state index contributed by atoms with van der Waals surface area (Å²) in [5.74, 6) is -2.81. The maximum absolute atomic E-state index is 14.1. The summed E-state index contributed by atoms with van der Waals surface area (Å²) in [6.45, 7) is 5.68. The molecule has 0 aromatic heterocycles. The van der Waals surface area contributed by atoms with E-state index in [9.17, 15) is 28.0 Å². The van der Waals surface area contributed by atoms with Crippen molar-refractivity contribution in [1.82, 2.24) is 20.4 Å². The van der Waals surface area contributed by atoms with Crippen LogP contribution in [0.2, 0.25) is 0 Å². The van der Waals surface area contributed by atoms with Crippen LogP contribution >= 0.6 is 0 Å². The monoisotopic (exact) mass is 583 g/mol. The number of hydrogen-bond acceptors (Lipinski definition) is 6. The minimum Gasteiger partial charge on any atom is -0.466 e. The first-order chi connectivity index (χ1) is 20.1. The molecule has 0 radical (unpaired) electrons. The first kappa shape index (κ1) is 30.6. The standard InChI is InChI=1S/C30H35F2N5O5/c1-18-26(28(39)42-3)27(22-8-9-24(31)25(32)17-22)37(30(41)34-18)29(40)33-12-5-13-36-14-10-20(11-15-36)21-6-4-7-23(16-21)35-19(2)38/h4,6-9,16-17,20,27H,5,10-15H2,1-3H3,(H,33,40)(H,34,41)(H,35,38). The molecule has 2 aromatic rings. The summed E-state index contributed by atoms with van der Waals surface area (Å²) < 4.78 is 32.6. The van der Waals surface area contributed by atoms with Crippen LogP contribution in [-0.2, 0) is 14.3 Å². The largest absolute Gasteiger partial charge is 0.466 e. The summed E-state index contributed by atoms with van der Waals surface area (Å²) in [4.78, 5) is 53.2. The lowest BCUT2D eigenvalue weighted by atomic mass is 9.89. The van der Waals surface area contributed by atoms with Crippen molar-refractivity contribution in [3.8, 4) is 0 Å². The van der Waals surface area contributed by atoms with Crippen molar-refractivity contribution in [2.75, 3.05) is 38.6 Å². The number of amides is 5. The van der Waals surface area contributed by atoms with Crippen LogP contribution in [0.3, 0.4) is 0 Å². The minimum absolute atomic E-state index is 0.0455. The fourth-order valence-corrected chi connectivity index (χ4v) is 5.47. The topological polar surface area (TPSA) is 120 Å². The Hall–Kier alpha value is -4.32. The van der Waals surface area contributed by atoms with Crippen LogP contribution in [0.1, 0.15) is 56.2 Å². The van der Waals surface area contributed by atoms with Gasteiger partial charge in [0.05, 0.1) is 12.7 Å². The van der Waals surface area contributed by atoms with Gasteiger partial charge in [0.2, 0.25) is 5.91 Å². The number of esters is 1. The van der Waals surface area contributed by atoms with Crippen molar-refractivity contribution in [2.24, 2.45) is 0 Å². The third-order valence-electron chi connectivity index (χ3n) is 7.53. The van der Waals surface area contributed by atoms with Gasteiger partial charge in [-0.2, -0.15) is 0 Å². The van der Waals surface area contributed by atoms with Gasteiger partial charge < -0.3 is 25.6 Å². The van der Waals surface area contributed by atoms with Gasteiger partial charge in [0.15, 0.2) is 11.6 Å². The number of imide groups is 1. The van der Waals surface area contributed by atoms with Crippen molar-refractivity contribution in [1.29, 1.82) is 0 Å². The molecule has 0 bridgehead atoms. The predicted molar refractivity (Wildman–Crippen MR) is 151 cm³/mol. The Kier molecular flexibility index (Phi) is 9.89. The van der Waals surface area contributed by atoms with Crippen molar-refractivity contribution in [2.45, 2.75) is 45.1 Å². The van der Waals surface area contributed by atoms with E-state index in [-0.39, 0.29) is 29.3 Å². The second kappa shape index (κ2) is 13.6. The lowest BCUT2D eigenvalue weighted by Crippen LogP contribution is -2.54. The van der Waals surface area contributed by atoms with E-state index in [1.54, 1.807) is 0 Å². The number of methoxy groups -OCH3 is 1. The molecule has 2 aliphatic rings. The molecule has 2 heterocycles. The number of halogens is 2. The molecule has 2 aliphatic heterocycles. The molecule has 1 atom stereocenters. The van der Waals surface area contributed by atoms with Gasteiger partial charge >= 0.3 is 18.0 Å². The number of nitrogens with zero attached hydrogens (tertiary/aromatic N) is 2. The molecule has 4 rings (SSSR count). The third kappa shape index (κ3) is 7.11. The summed E-state index contributed by atoms with van der Waals surface area (Å²) >= 11 is 0. The number of rotatable bonds is 8. The van der Waals surface area contributed by atoms with E-state index in [0.29, 0.717) is 12.3 Å². The summed E-state index contributed by atoms with van der Waals surface area (Å²) in [7, 11) is 1.15. The molecule has 10 nitrogen and oxygen atoms in total. The average molecular weight is 584 g/mol. The average Bonchev–Trinajstić information content (AvgIpc) is 2.96. The number of piperidine rings is 1. The van der Waals surface area contributed by atoms with E-state index >= 15 is 0 Å². The van der Waals surface area contributed by atoms with Crippen LogP contribution in [0.4, 0.5) is 24.1 Å². The predicted octanol–water partition coefficient (Wildman–Crippen LogP) is 4.42. The molecule has 1 saturated heterocycles. The van der Waals surface area contributed by atoms with E-state index in [2.05, 4.69) is 26.9 Å². The first-order valence-electron chi connectivity index (χ1n) is 13.8. The summed E-state index contributed by atoms with van der Waals surface area (Å²) in [5, 5.41) is 8.02. The molecule has 3 N–H and O–H groups in total. The second-order valence-electron chi connectivity index (χ2n) is 10.4. The number of carbonyl (C=O) groups is 4. The molecule has 5 amide bonds. The van der Waals surface area contributed by atoms with Crippen LogP contribution in [0.15, 0.2) is 53.7 Å². The van der Waals surface area contributed by atoms with Gasteiger partial charge in [-0.25, -0.2) is 28.1 Å².